The molecule has 1 atom stereocenters. The summed E-state index contributed by atoms with van der Waals surface area (Å²) in [5.74, 6) is 0.899. The summed E-state index contributed by atoms with van der Waals surface area (Å²) in [4.78, 5) is 6.32. The standard InChI is InChI=1S/C9H14N4S/c1-4-8-11-9(14-12-8)13(3)6-7(2)5-10/h7H,4,6H2,1-3H3. The molecule has 0 amide bonds. The number of rotatable bonds is 4. The van der Waals surface area contributed by atoms with E-state index in [1.54, 1.807) is 0 Å². The van der Waals surface area contributed by atoms with E-state index >= 15 is 0 Å². The van der Waals surface area contributed by atoms with E-state index in [-0.39, 0.29) is 5.92 Å². The van der Waals surface area contributed by atoms with Gasteiger partial charge in [-0.3, -0.25) is 0 Å². The van der Waals surface area contributed by atoms with Crippen LogP contribution >= 0.6 is 11.5 Å². The van der Waals surface area contributed by atoms with Crippen molar-refractivity contribution in [1.82, 2.24) is 9.36 Å². The lowest BCUT2D eigenvalue weighted by molar-refractivity contribution is 0.713. The number of nitrogens with zero attached hydrogens (tertiary/aromatic N) is 4. The molecule has 0 aliphatic rings. The van der Waals surface area contributed by atoms with Crippen LogP contribution in [0.1, 0.15) is 19.7 Å². The molecule has 0 saturated carbocycles. The summed E-state index contributed by atoms with van der Waals surface area (Å²) < 4.78 is 4.19. The van der Waals surface area contributed by atoms with Gasteiger partial charge in [0.05, 0.1) is 12.0 Å². The maximum atomic E-state index is 8.67. The molecule has 76 valence electrons. The van der Waals surface area contributed by atoms with Crippen LogP contribution in [0, 0.1) is 17.2 Å². The molecular weight excluding hydrogens is 196 g/mol. The van der Waals surface area contributed by atoms with Crippen molar-refractivity contribution in [2.75, 3.05) is 18.5 Å². The highest BCUT2D eigenvalue weighted by Gasteiger charge is 2.10. The number of aromatic nitrogens is 2. The predicted octanol–water partition coefficient (Wildman–Crippen LogP) is 1.70. The minimum atomic E-state index is 0.0222. The minimum absolute atomic E-state index is 0.0222. The van der Waals surface area contributed by atoms with E-state index < -0.39 is 0 Å². The molecule has 5 heteroatoms. The van der Waals surface area contributed by atoms with Gasteiger partial charge in [0.1, 0.15) is 5.82 Å². The topological polar surface area (TPSA) is 52.8 Å². The van der Waals surface area contributed by atoms with Gasteiger partial charge in [-0.1, -0.05) is 6.92 Å². The van der Waals surface area contributed by atoms with Gasteiger partial charge in [-0.15, -0.1) is 0 Å². The molecule has 0 radical (unpaired) electrons. The van der Waals surface area contributed by atoms with Crippen LogP contribution in [0.2, 0.25) is 0 Å². The normalized spacial score (nSPS) is 12.1. The van der Waals surface area contributed by atoms with Gasteiger partial charge in [-0.25, -0.2) is 4.98 Å². The summed E-state index contributed by atoms with van der Waals surface area (Å²) in [5, 5.41) is 9.57. The average molecular weight is 210 g/mol. The predicted molar refractivity (Wildman–Crippen MR) is 57.3 cm³/mol. The highest BCUT2D eigenvalue weighted by atomic mass is 32.1. The van der Waals surface area contributed by atoms with Crippen molar-refractivity contribution < 1.29 is 0 Å². The Morgan fingerprint density at radius 2 is 2.36 bits per heavy atom. The fourth-order valence-corrected chi connectivity index (χ4v) is 1.79. The molecule has 1 aromatic heterocycles. The van der Waals surface area contributed by atoms with E-state index in [4.69, 9.17) is 5.26 Å². The van der Waals surface area contributed by atoms with E-state index in [9.17, 15) is 0 Å². The number of nitriles is 1. The van der Waals surface area contributed by atoms with Crippen molar-refractivity contribution in [2.24, 2.45) is 5.92 Å². The van der Waals surface area contributed by atoms with Crippen LogP contribution in [-0.4, -0.2) is 22.9 Å². The van der Waals surface area contributed by atoms with Crippen molar-refractivity contribution in [1.29, 1.82) is 5.26 Å². The Balaban J connectivity index is 2.61. The van der Waals surface area contributed by atoms with Gasteiger partial charge >= 0.3 is 0 Å². The SMILES string of the molecule is CCc1nsc(N(C)CC(C)C#N)n1. The second-order valence-electron chi connectivity index (χ2n) is 3.26. The lowest BCUT2D eigenvalue weighted by Crippen LogP contribution is -2.22. The lowest BCUT2D eigenvalue weighted by Gasteiger charge is -2.15. The van der Waals surface area contributed by atoms with Gasteiger partial charge in [0.25, 0.3) is 0 Å². The number of aryl methyl sites for hydroxylation is 1. The number of anilines is 1. The maximum Gasteiger partial charge on any atom is 0.204 e. The van der Waals surface area contributed by atoms with Crippen LogP contribution in [0.25, 0.3) is 0 Å². The van der Waals surface area contributed by atoms with Gasteiger partial charge in [0.15, 0.2) is 0 Å². The van der Waals surface area contributed by atoms with Crippen LogP contribution in [0.4, 0.5) is 5.13 Å². The van der Waals surface area contributed by atoms with Crippen LogP contribution in [0.5, 0.6) is 0 Å². The molecule has 0 fully saturated rings. The Kier molecular flexibility index (Phi) is 3.84. The van der Waals surface area contributed by atoms with Gasteiger partial charge < -0.3 is 4.90 Å². The van der Waals surface area contributed by atoms with Crippen LogP contribution < -0.4 is 4.90 Å². The van der Waals surface area contributed by atoms with Gasteiger partial charge in [-0.2, -0.15) is 9.64 Å². The first-order chi connectivity index (χ1) is 6.67. The molecule has 0 spiro atoms. The highest BCUT2D eigenvalue weighted by molar-refractivity contribution is 7.09. The third kappa shape index (κ3) is 2.67. The molecule has 0 saturated heterocycles. The first kappa shape index (κ1) is 10.9. The molecular formula is C9H14N4S. The van der Waals surface area contributed by atoms with E-state index in [0.29, 0.717) is 6.54 Å². The Labute approximate surface area is 88.4 Å². The molecule has 0 aliphatic heterocycles. The van der Waals surface area contributed by atoms with Gasteiger partial charge in [-0.05, 0) is 6.92 Å². The van der Waals surface area contributed by atoms with Crippen molar-refractivity contribution in [3.8, 4) is 6.07 Å². The Morgan fingerprint density at radius 1 is 1.64 bits per heavy atom. The van der Waals surface area contributed by atoms with Crippen molar-refractivity contribution in [3.63, 3.8) is 0 Å². The molecule has 0 aliphatic carbocycles. The van der Waals surface area contributed by atoms with Crippen molar-refractivity contribution in [2.45, 2.75) is 20.3 Å². The van der Waals surface area contributed by atoms with E-state index in [2.05, 4.69) is 15.4 Å². The minimum Gasteiger partial charge on any atom is -0.349 e. The summed E-state index contributed by atoms with van der Waals surface area (Å²) >= 11 is 1.39. The summed E-state index contributed by atoms with van der Waals surface area (Å²) in [6, 6.07) is 2.20. The fourth-order valence-electron chi connectivity index (χ4n) is 1.07. The first-order valence-corrected chi connectivity index (χ1v) is 5.38. The van der Waals surface area contributed by atoms with Crippen LogP contribution in [0.3, 0.4) is 0 Å². The van der Waals surface area contributed by atoms with E-state index in [0.717, 1.165) is 17.4 Å². The molecule has 1 aromatic rings. The maximum absolute atomic E-state index is 8.67. The van der Waals surface area contributed by atoms with Crippen LogP contribution in [0.15, 0.2) is 0 Å². The zero-order valence-corrected chi connectivity index (χ0v) is 9.51. The largest absolute Gasteiger partial charge is 0.349 e. The third-order valence-electron chi connectivity index (χ3n) is 1.87. The Bertz CT molecular complexity index is 328. The number of hydrogen-bond donors (Lipinski definition) is 0. The van der Waals surface area contributed by atoms with Gasteiger partial charge in [0.2, 0.25) is 5.13 Å². The zero-order valence-electron chi connectivity index (χ0n) is 8.69. The smallest absolute Gasteiger partial charge is 0.204 e. The molecule has 1 heterocycles. The van der Waals surface area contributed by atoms with Crippen molar-refractivity contribution >= 4 is 16.7 Å². The molecule has 1 rings (SSSR count). The summed E-state index contributed by atoms with van der Waals surface area (Å²) in [5.41, 5.74) is 0. The van der Waals surface area contributed by atoms with Gasteiger partial charge in [0, 0.05) is 31.5 Å². The molecule has 14 heavy (non-hydrogen) atoms. The van der Waals surface area contributed by atoms with E-state index in [1.807, 2.05) is 25.8 Å². The van der Waals surface area contributed by atoms with Crippen LogP contribution in [-0.2, 0) is 6.42 Å². The summed E-state index contributed by atoms with van der Waals surface area (Å²) in [7, 11) is 1.94. The summed E-state index contributed by atoms with van der Waals surface area (Å²) in [6.45, 7) is 4.64. The molecule has 0 N–H and O–H groups in total. The third-order valence-corrected chi connectivity index (χ3v) is 2.74. The quantitative estimate of drug-likeness (QED) is 0.759. The van der Waals surface area contributed by atoms with E-state index in [1.165, 1.54) is 11.5 Å². The molecule has 1 unspecified atom stereocenters. The lowest BCUT2D eigenvalue weighted by atomic mass is 10.2. The second kappa shape index (κ2) is 4.91. The zero-order chi connectivity index (χ0) is 10.6. The second-order valence-corrected chi connectivity index (χ2v) is 3.99. The molecule has 4 nitrogen and oxygen atoms in total. The fraction of sp³-hybridized carbons (Fsp3) is 0.667. The van der Waals surface area contributed by atoms with Crippen molar-refractivity contribution in [3.05, 3.63) is 5.82 Å². The monoisotopic (exact) mass is 210 g/mol. The Hall–Kier alpha value is -1.15. The first-order valence-electron chi connectivity index (χ1n) is 4.60. The highest BCUT2D eigenvalue weighted by Crippen LogP contribution is 2.16. The Morgan fingerprint density at radius 3 is 2.86 bits per heavy atom. The average Bonchev–Trinajstić information content (AvgIpc) is 2.65. The number of hydrogen-bond acceptors (Lipinski definition) is 5. The molecule has 0 aromatic carbocycles. The summed E-state index contributed by atoms with van der Waals surface area (Å²) in [6.07, 6.45) is 0.859. The molecule has 0 bridgehead atoms.